The third-order valence-corrected chi connectivity index (χ3v) is 5.46. The molecule has 0 aliphatic carbocycles. The highest BCUT2D eigenvalue weighted by Gasteiger charge is 2.19. The molecule has 0 rings (SSSR count). The number of rotatable bonds is 21. The summed E-state index contributed by atoms with van der Waals surface area (Å²) in [5.74, 6) is -3.76. The number of amides is 6. The van der Waals surface area contributed by atoms with Crippen molar-refractivity contribution in [1.82, 2.24) is 31.4 Å². The number of hydrogen-bond acceptors (Lipinski definition) is 8. The maximum atomic E-state index is 14.1. The average molecular weight is 599 g/mol. The molecule has 0 saturated heterocycles. The zero-order valence-corrected chi connectivity index (χ0v) is 23.3. The van der Waals surface area contributed by atoms with Crippen LogP contribution in [0.1, 0.15) is 58.8 Å². The minimum absolute atomic E-state index is 0.00154. The SMILES string of the molecule is CC(=O)NCCC(F)CNC(=O)CCC(=O)N(O)CCC(F)CNC(=O)CCC(=O)N(O)CCC(F)CNC(C)=O. The molecule has 0 bridgehead atoms. The van der Waals surface area contributed by atoms with Gasteiger partial charge in [-0.1, -0.05) is 0 Å². The smallest absolute Gasteiger partial charge is 0.246 e. The first-order valence-corrected chi connectivity index (χ1v) is 13.1. The van der Waals surface area contributed by atoms with Crippen molar-refractivity contribution in [2.45, 2.75) is 77.3 Å². The largest absolute Gasteiger partial charge is 0.356 e. The Morgan fingerprint density at radius 3 is 1.34 bits per heavy atom. The number of hydroxylamine groups is 4. The molecule has 3 atom stereocenters. The van der Waals surface area contributed by atoms with E-state index in [1.807, 2.05) is 0 Å². The van der Waals surface area contributed by atoms with Gasteiger partial charge in [-0.05, 0) is 6.42 Å². The summed E-state index contributed by atoms with van der Waals surface area (Å²) in [6.45, 7) is 0.784. The van der Waals surface area contributed by atoms with Crippen LogP contribution in [0.25, 0.3) is 0 Å². The van der Waals surface area contributed by atoms with Gasteiger partial charge < -0.3 is 21.3 Å². The van der Waals surface area contributed by atoms with Gasteiger partial charge in [0.05, 0.1) is 13.1 Å². The molecule has 0 aliphatic heterocycles. The molecular formula is C24H41F3N6O8. The lowest BCUT2D eigenvalue weighted by Crippen LogP contribution is -2.36. The van der Waals surface area contributed by atoms with Crippen molar-refractivity contribution in [2.75, 3.05) is 39.3 Å². The van der Waals surface area contributed by atoms with Crippen molar-refractivity contribution in [3.63, 3.8) is 0 Å². The molecule has 236 valence electrons. The summed E-state index contributed by atoms with van der Waals surface area (Å²) >= 11 is 0. The van der Waals surface area contributed by atoms with Crippen LogP contribution < -0.4 is 21.3 Å². The molecule has 0 aromatic rings. The van der Waals surface area contributed by atoms with Crippen LogP contribution in [0.2, 0.25) is 0 Å². The Morgan fingerprint density at radius 1 is 0.585 bits per heavy atom. The second kappa shape index (κ2) is 21.3. The zero-order chi connectivity index (χ0) is 31.4. The van der Waals surface area contributed by atoms with E-state index in [4.69, 9.17) is 0 Å². The number of nitrogens with one attached hydrogen (secondary N) is 4. The number of hydrogen-bond donors (Lipinski definition) is 6. The molecule has 14 nitrogen and oxygen atoms in total. The molecular weight excluding hydrogens is 557 g/mol. The first-order valence-electron chi connectivity index (χ1n) is 13.1. The molecule has 41 heavy (non-hydrogen) atoms. The van der Waals surface area contributed by atoms with Crippen LogP contribution in [-0.4, -0.2) is 114 Å². The van der Waals surface area contributed by atoms with E-state index in [-0.39, 0.29) is 74.3 Å². The fourth-order valence-electron chi connectivity index (χ4n) is 3.06. The molecule has 0 heterocycles. The second-order valence-electron chi connectivity index (χ2n) is 9.22. The molecule has 0 fully saturated rings. The van der Waals surface area contributed by atoms with Crippen molar-refractivity contribution in [3.8, 4) is 0 Å². The monoisotopic (exact) mass is 598 g/mol. The number of carbonyl (C=O) groups is 6. The quantitative estimate of drug-likeness (QED) is 0.0763. The van der Waals surface area contributed by atoms with Gasteiger partial charge in [-0.3, -0.25) is 39.2 Å². The van der Waals surface area contributed by atoms with Gasteiger partial charge in [0.15, 0.2) is 0 Å². The molecule has 0 spiro atoms. The Hall–Kier alpha value is -3.47. The second-order valence-corrected chi connectivity index (χ2v) is 9.22. The van der Waals surface area contributed by atoms with Crippen LogP contribution in [0.15, 0.2) is 0 Å². The van der Waals surface area contributed by atoms with Crippen LogP contribution in [0.3, 0.4) is 0 Å². The minimum Gasteiger partial charge on any atom is -0.356 e. The van der Waals surface area contributed by atoms with E-state index >= 15 is 0 Å². The van der Waals surface area contributed by atoms with Crippen molar-refractivity contribution >= 4 is 35.4 Å². The van der Waals surface area contributed by atoms with Crippen LogP contribution in [0.5, 0.6) is 0 Å². The van der Waals surface area contributed by atoms with E-state index < -0.39 is 74.0 Å². The molecule has 6 N–H and O–H groups in total. The first-order chi connectivity index (χ1) is 19.2. The van der Waals surface area contributed by atoms with Gasteiger partial charge in [0.2, 0.25) is 35.4 Å². The van der Waals surface area contributed by atoms with Crippen LogP contribution in [-0.2, 0) is 28.8 Å². The van der Waals surface area contributed by atoms with E-state index in [9.17, 15) is 52.4 Å². The van der Waals surface area contributed by atoms with Gasteiger partial charge in [-0.25, -0.2) is 23.3 Å². The zero-order valence-electron chi connectivity index (χ0n) is 23.3. The first kappa shape index (κ1) is 37.5. The fourth-order valence-corrected chi connectivity index (χ4v) is 3.06. The molecule has 3 unspecified atom stereocenters. The van der Waals surface area contributed by atoms with Gasteiger partial charge in [-0.2, -0.15) is 0 Å². The summed E-state index contributed by atoms with van der Waals surface area (Å²) < 4.78 is 41.3. The van der Waals surface area contributed by atoms with E-state index in [1.165, 1.54) is 13.8 Å². The lowest BCUT2D eigenvalue weighted by molar-refractivity contribution is -0.166. The van der Waals surface area contributed by atoms with E-state index in [0.717, 1.165) is 0 Å². The minimum atomic E-state index is -1.65. The molecule has 6 amide bonds. The molecule has 17 heteroatoms. The molecule has 0 saturated carbocycles. The van der Waals surface area contributed by atoms with E-state index in [0.29, 0.717) is 0 Å². The summed E-state index contributed by atoms with van der Waals surface area (Å²) in [7, 11) is 0. The lowest BCUT2D eigenvalue weighted by Gasteiger charge is -2.17. The predicted molar refractivity (Wildman–Crippen MR) is 137 cm³/mol. The fraction of sp³-hybridized carbons (Fsp3) is 0.750. The summed E-state index contributed by atoms with van der Waals surface area (Å²) in [4.78, 5) is 68.8. The Labute approximate surface area is 236 Å². The Balaban J connectivity index is 4.07. The standard InChI is InChI=1S/C24H41F3N6O8/c1-16(34)28-10-7-18(25)14-30-21(36)3-5-24(39)33(41)12-9-20(27)15-31-22(37)4-6-23(38)32(40)11-8-19(26)13-29-17(2)35/h18-20,40-41H,3-15H2,1-2H3,(H,28,34)(H,29,35)(H,30,36)(H,31,37). The van der Waals surface area contributed by atoms with Gasteiger partial charge in [0.1, 0.15) is 18.5 Å². The van der Waals surface area contributed by atoms with E-state index in [1.54, 1.807) is 0 Å². The third-order valence-electron chi connectivity index (χ3n) is 5.46. The van der Waals surface area contributed by atoms with Gasteiger partial charge in [0, 0.05) is 78.6 Å². The molecule has 0 aliphatic rings. The van der Waals surface area contributed by atoms with Gasteiger partial charge in [-0.15, -0.1) is 0 Å². The summed E-state index contributed by atoms with van der Waals surface area (Å²) in [5, 5.41) is 29.1. The summed E-state index contributed by atoms with van der Waals surface area (Å²) in [6.07, 6.45) is -6.66. The highest BCUT2D eigenvalue weighted by molar-refractivity contribution is 5.84. The Morgan fingerprint density at radius 2 is 0.951 bits per heavy atom. The van der Waals surface area contributed by atoms with E-state index in [2.05, 4.69) is 21.3 Å². The summed E-state index contributed by atoms with van der Waals surface area (Å²) in [6, 6.07) is 0. The molecule has 0 aromatic heterocycles. The number of halogens is 3. The van der Waals surface area contributed by atoms with Gasteiger partial charge in [0.25, 0.3) is 0 Å². The lowest BCUT2D eigenvalue weighted by atomic mass is 10.2. The summed E-state index contributed by atoms with van der Waals surface area (Å²) in [5.41, 5.74) is 0. The maximum absolute atomic E-state index is 14.1. The topological polar surface area (TPSA) is 197 Å². The number of carbonyl (C=O) groups excluding carboxylic acids is 6. The number of nitrogens with zero attached hydrogens (tertiary/aromatic N) is 2. The predicted octanol–water partition coefficient (Wildman–Crippen LogP) is -0.328. The highest BCUT2D eigenvalue weighted by Crippen LogP contribution is 2.04. The molecule has 0 radical (unpaired) electrons. The van der Waals surface area contributed by atoms with Crippen molar-refractivity contribution < 1.29 is 52.4 Å². The Kier molecular flexibility index (Phi) is 19.5. The van der Waals surface area contributed by atoms with Crippen molar-refractivity contribution in [1.29, 1.82) is 0 Å². The third kappa shape index (κ3) is 21.0. The van der Waals surface area contributed by atoms with Crippen LogP contribution in [0, 0.1) is 0 Å². The van der Waals surface area contributed by atoms with Crippen molar-refractivity contribution in [2.24, 2.45) is 0 Å². The highest BCUT2D eigenvalue weighted by atomic mass is 19.1. The Bertz CT molecular complexity index is 869. The molecule has 0 aromatic carbocycles. The average Bonchev–Trinajstić information content (AvgIpc) is 2.92. The van der Waals surface area contributed by atoms with Crippen LogP contribution >= 0.6 is 0 Å². The van der Waals surface area contributed by atoms with Crippen LogP contribution in [0.4, 0.5) is 13.2 Å². The number of alkyl halides is 3. The van der Waals surface area contributed by atoms with Crippen molar-refractivity contribution in [3.05, 3.63) is 0 Å². The normalized spacial score (nSPS) is 12.9. The van der Waals surface area contributed by atoms with Gasteiger partial charge >= 0.3 is 0 Å². The maximum Gasteiger partial charge on any atom is 0.246 e.